The summed E-state index contributed by atoms with van der Waals surface area (Å²) in [5.74, 6) is 1.02. The Bertz CT molecular complexity index is 849. The van der Waals surface area contributed by atoms with Gasteiger partial charge in [-0.3, -0.25) is 0 Å². The third-order valence-electron chi connectivity index (χ3n) is 4.88. The molecule has 0 aromatic heterocycles. The summed E-state index contributed by atoms with van der Waals surface area (Å²) < 4.78 is 50.6. The Balaban J connectivity index is 1.42. The van der Waals surface area contributed by atoms with Gasteiger partial charge in [-0.05, 0) is 48.5 Å². The zero-order chi connectivity index (χ0) is 20.0. The van der Waals surface area contributed by atoms with Crippen LogP contribution in [0.25, 0.3) is 0 Å². The van der Waals surface area contributed by atoms with E-state index in [0.29, 0.717) is 36.1 Å². The van der Waals surface area contributed by atoms with E-state index in [1.165, 1.54) is 17.0 Å². The van der Waals surface area contributed by atoms with Gasteiger partial charge in [-0.25, -0.2) is 12.8 Å². The highest BCUT2D eigenvalue weighted by Gasteiger charge is 2.30. The lowest BCUT2D eigenvalue weighted by atomic mass is 10.3. The van der Waals surface area contributed by atoms with Crippen LogP contribution in [0.5, 0.6) is 11.5 Å². The molecule has 0 bridgehead atoms. The number of nitrogens with zero attached hydrogens (tertiary/aromatic N) is 1. The number of piperazine rings is 1. The fourth-order valence-corrected chi connectivity index (χ4v) is 4.67. The van der Waals surface area contributed by atoms with Crippen LogP contribution >= 0.6 is 0 Å². The molecular weight excluding hydrogens is 383 g/mol. The van der Waals surface area contributed by atoms with Crippen LogP contribution in [-0.4, -0.2) is 59.2 Å². The fraction of sp³-hybridized carbons (Fsp3) is 0.400. The molecule has 3 rings (SSSR count). The van der Waals surface area contributed by atoms with Gasteiger partial charge >= 0.3 is 0 Å². The zero-order valence-corrected chi connectivity index (χ0v) is 16.8. The van der Waals surface area contributed by atoms with E-state index in [2.05, 4.69) is 0 Å². The second kappa shape index (κ2) is 9.36. The smallest absolute Gasteiger partial charge is 0.243 e. The maximum absolute atomic E-state index is 12.9. The minimum absolute atomic E-state index is 0.278. The molecule has 0 amide bonds. The number of halogens is 1. The van der Waals surface area contributed by atoms with Crippen molar-refractivity contribution in [3.63, 3.8) is 0 Å². The number of nitrogens with one attached hydrogen (secondary N) is 1. The van der Waals surface area contributed by atoms with Crippen LogP contribution in [0, 0.1) is 5.82 Å². The van der Waals surface area contributed by atoms with E-state index in [0.717, 1.165) is 26.1 Å². The SMILES string of the molecule is COc1ccc(S(=O)(=O)N2CC[NH+](CCCOc3ccc(F)cc3)CC2)cc1. The fourth-order valence-electron chi connectivity index (χ4n) is 3.23. The molecule has 0 radical (unpaired) electrons. The summed E-state index contributed by atoms with van der Waals surface area (Å²) in [7, 11) is -1.91. The molecule has 0 unspecified atom stereocenters. The van der Waals surface area contributed by atoms with E-state index in [4.69, 9.17) is 9.47 Å². The third kappa shape index (κ3) is 5.21. The Morgan fingerprint density at radius 2 is 1.61 bits per heavy atom. The number of hydrogen-bond donors (Lipinski definition) is 1. The van der Waals surface area contributed by atoms with Gasteiger partial charge in [0.1, 0.15) is 17.3 Å². The predicted octanol–water partition coefficient (Wildman–Crippen LogP) is 1.19. The molecule has 0 aliphatic carbocycles. The van der Waals surface area contributed by atoms with Crippen LogP contribution in [0.3, 0.4) is 0 Å². The monoisotopic (exact) mass is 409 g/mol. The zero-order valence-electron chi connectivity index (χ0n) is 15.9. The van der Waals surface area contributed by atoms with Crippen molar-refractivity contribution in [1.82, 2.24) is 4.31 Å². The largest absolute Gasteiger partial charge is 0.497 e. The molecule has 2 aromatic rings. The van der Waals surface area contributed by atoms with Crippen LogP contribution in [-0.2, 0) is 10.0 Å². The van der Waals surface area contributed by atoms with E-state index in [9.17, 15) is 12.8 Å². The summed E-state index contributed by atoms with van der Waals surface area (Å²) in [4.78, 5) is 1.66. The highest BCUT2D eigenvalue weighted by atomic mass is 32.2. The van der Waals surface area contributed by atoms with Crippen molar-refractivity contribution in [2.24, 2.45) is 0 Å². The predicted molar refractivity (Wildman–Crippen MR) is 104 cm³/mol. The number of ether oxygens (including phenoxy) is 2. The molecule has 152 valence electrons. The van der Waals surface area contributed by atoms with Crippen molar-refractivity contribution >= 4 is 10.0 Å². The van der Waals surface area contributed by atoms with Crippen molar-refractivity contribution in [1.29, 1.82) is 0 Å². The molecule has 2 aromatic carbocycles. The second-order valence-electron chi connectivity index (χ2n) is 6.74. The van der Waals surface area contributed by atoms with Gasteiger partial charge in [0.15, 0.2) is 0 Å². The van der Waals surface area contributed by atoms with Gasteiger partial charge in [0, 0.05) is 6.42 Å². The first-order valence-corrected chi connectivity index (χ1v) is 10.8. The highest BCUT2D eigenvalue weighted by molar-refractivity contribution is 7.89. The van der Waals surface area contributed by atoms with Crippen molar-refractivity contribution < 1.29 is 27.2 Å². The first kappa shape index (κ1) is 20.6. The first-order chi connectivity index (χ1) is 13.5. The van der Waals surface area contributed by atoms with E-state index in [-0.39, 0.29) is 5.82 Å². The summed E-state index contributed by atoms with van der Waals surface area (Å²) in [5, 5.41) is 0. The molecule has 0 spiro atoms. The number of sulfonamides is 1. The summed E-state index contributed by atoms with van der Waals surface area (Å²) in [6.45, 7) is 4.02. The molecule has 6 nitrogen and oxygen atoms in total. The normalized spacial score (nSPS) is 16.1. The standard InChI is InChI=1S/C20H25FN2O4S/c1-26-18-7-9-20(10-8-18)28(24,25)23-14-12-22(13-15-23)11-2-16-27-19-5-3-17(21)4-6-19/h3-10H,2,11-16H2,1H3/p+1. The molecule has 1 heterocycles. The van der Waals surface area contributed by atoms with Gasteiger partial charge in [-0.1, -0.05) is 0 Å². The second-order valence-corrected chi connectivity index (χ2v) is 8.67. The molecule has 0 atom stereocenters. The summed E-state index contributed by atoms with van der Waals surface area (Å²) in [6.07, 6.45) is 0.859. The first-order valence-electron chi connectivity index (χ1n) is 9.35. The van der Waals surface area contributed by atoms with Crippen LogP contribution in [0.1, 0.15) is 6.42 Å². The Morgan fingerprint density at radius 1 is 1.00 bits per heavy atom. The molecule has 1 N–H and O–H groups in total. The molecule has 1 saturated heterocycles. The van der Waals surface area contributed by atoms with Crippen molar-refractivity contribution in [2.45, 2.75) is 11.3 Å². The number of quaternary nitrogens is 1. The van der Waals surface area contributed by atoms with Crippen LogP contribution < -0.4 is 14.4 Å². The van der Waals surface area contributed by atoms with Crippen molar-refractivity contribution in [3.05, 3.63) is 54.3 Å². The number of benzene rings is 2. The van der Waals surface area contributed by atoms with Crippen molar-refractivity contribution in [2.75, 3.05) is 46.4 Å². The summed E-state index contributed by atoms with van der Waals surface area (Å²) in [6, 6.07) is 12.5. The molecular formula is C20H26FN2O4S+. The number of rotatable bonds is 8. The number of methoxy groups -OCH3 is 1. The van der Waals surface area contributed by atoms with Gasteiger partial charge in [-0.15, -0.1) is 0 Å². The Labute approximate surface area is 165 Å². The minimum Gasteiger partial charge on any atom is -0.497 e. The van der Waals surface area contributed by atoms with E-state index in [1.54, 1.807) is 47.8 Å². The minimum atomic E-state index is -3.47. The average Bonchev–Trinajstić information content (AvgIpc) is 2.73. The average molecular weight is 410 g/mol. The van der Waals surface area contributed by atoms with Gasteiger partial charge in [0.2, 0.25) is 10.0 Å². The van der Waals surface area contributed by atoms with Crippen LogP contribution in [0.4, 0.5) is 4.39 Å². The molecule has 1 fully saturated rings. The van der Waals surface area contributed by atoms with Crippen LogP contribution in [0.15, 0.2) is 53.4 Å². The lowest BCUT2D eigenvalue weighted by Gasteiger charge is -2.31. The molecule has 1 aliphatic rings. The lowest BCUT2D eigenvalue weighted by Crippen LogP contribution is -3.14. The van der Waals surface area contributed by atoms with Gasteiger partial charge in [0.25, 0.3) is 0 Å². The summed E-state index contributed by atoms with van der Waals surface area (Å²) in [5.41, 5.74) is 0. The van der Waals surface area contributed by atoms with Gasteiger partial charge < -0.3 is 14.4 Å². The molecule has 28 heavy (non-hydrogen) atoms. The van der Waals surface area contributed by atoms with Gasteiger partial charge in [-0.2, -0.15) is 4.31 Å². The van der Waals surface area contributed by atoms with Crippen molar-refractivity contribution in [3.8, 4) is 11.5 Å². The lowest BCUT2D eigenvalue weighted by molar-refractivity contribution is -0.903. The van der Waals surface area contributed by atoms with E-state index in [1.807, 2.05) is 0 Å². The molecule has 8 heteroatoms. The van der Waals surface area contributed by atoms with Crippen LogP contribution in [0.2, 0.25) is 0 Å². The van der Waals surface area contributed by atoms with E-state index < -0.39 is 10.0 Å². The Morgan fingerprint density at radius 3 is 2.21 bits per heavy atom. The maximum Gasteiger partial charge on any atom is 0.243 e. The number of hydrogen-bond acceptors (Lipinski definition) is 4. The highest BCUT2D eigenvalue weighted by Crippen LogP contribution is 2.19. The maximum atomic E-state index is 12.9. The third-order valence-corrected chi connectivity index (χ3v) is 6.80. The molecule has 1 aliphatic heterocycles. The summed E-state index contributed by atoms with van der Waals surface area (Å²) >= 11 is 0. The Kier molecular flexibility index (Phi) is 6.88. The topological polar surface area (TPSA) is 60.3 Å². The van der Waals surface area contributed by atoms with Gasteiger partial charge in [0.05, 0.1) is 51.3 Å². The van der Waals surface area contributed by atoms with E-state index >= 15 is 0 Å². The quantitative estimate of drug-likeness (QED) is 0.666. The molecule has 0 saturated carbocycles. The Hall–Kier alpha value is -2.16.